The third-order valence-electron chi connectivity index (χ3n) is 2.44. The van der Waals surface area contributed by atoms with E-state index in [-0.39, 0.29) is 18.8 Å². The molecule has 2 atom stereocenters. The van der Waals surface area contributed by atoms with Crippen LogP contribution in [0.1, 0.15) is 10.5 Å². The van der Waals surface area contributed by atoms with Crippen molar-refractivity contribution in [2.24, 2.45) is 0 Å². The van der Waals surface area contributed by atoms with E-state index in [1.807, 2.05) is 0 Å². The van der Waals surface area contributed by atoms with E-state index in [0.717, 1.165) is 6.20 Å². The Morgan fingerprint density at radius 1 is 1.44 bits per heavy atom. The van der Waals surface area contributed by atoms with Gasteiger partial charge in [-0.15, -0.1) is 0 Å². The van der Waals surface area contributed by atoms with E-state index in [9.17, 15) is 19.8 Å². The molecule has 86 valence electrons. The molecule has 1 aromatic rings. The molecule has 1 amide bonds. The van der Waals surface area contributed by atoms with Crippen molar-refractivity contribution in [3.05, 3.63) is 28.4 Å². The molecule has 0 saturated carbocycles. The average Bonchev–Trinajstić information content (AvgIpc) is 2.59. The van der Waals surface area contributed by atoms with E-state index >= 15 is 0 Å². The summed E-state index contributed by atoms with van der Waals surface area (Å²) in [5.41, 5.74) is -0.307. The van der Waals surface area contributed by atoms with Crippen molar-refractivity contribution in [2.75, 3.05) is 13.1 Å². The van der Waals surface area contributed by atoms with Gasteiger partial charge in [-0.25, -0.2) is 4.98 Å². The summed E-state index contributed by atoms with van der Waals surface area (Å²) in [6, 6.07) is 0. The van der Waals surface area contributed by atoms with Crippen molar-refractivity contribution in [2.45, 2.75) is 12.2 Å². The van der Waals surface area contributed by atoms with Crippen molar-refractivity contribution in [1.82, 2.24) is 14.9 Å². The van der Waals surface area contributed by atoms with Crippen molar-refractivity contribution in [3.63, 3.8) is 0 Å². The molecule has 0 bridgehead atoms. The Morgan fingerprint density at radius 3 is 2.56 bits per heavy atom. The van der Waals surface area contributed by atoms with Gasteiger partial charge in [0.05, 0.1) is 18.4 Å². The molecule has 0 radical (unpaired) electrons. The second-order valence-electron chi connectivity index (χ2n) is 3.64. The highest BCUT2D eigenvalue weighted by Crippen LogP contribution is 2.12. The predicted octanol–water partition coefficient (Wildman–Crippen LogP) is -2.05. The van der Waals surface area contributed by atoms with Gasteiger partial charge in [0.25, 0.3) is 11.5 Å². The number of nitrogens with one attached hydrogen (secondary N) is 1. The van der Waals surface area contributed by atoms with Crippen LogP contribution in [0.3, 0.4) is 0 Å². The number of β-amino-alcohol motifs (C(OH)–C–C–N with tert-alkyl or cyclic N) is 2. The van der Waals surface area contributed by atoms with Crippen LogP contribution in [0.15, 0.2) is 17.2 Å². The topological polar surface area (TPSA) is 107 Å². The number of aliphatic hydroxyl groups is 2. The molecule has 2 rings (SSSR count). The van der Waals surface area contributed by atoms with Crippen LogP contribution in [-0.2, 0) is 0 Å². The molecule has 0 aromatic carbocycles. The summed E-state index contributed by atoms with van der Waals surface area (Å²) in [6.07, 6.45) is 0.371. The Hall–Kier alpha value is -1.73. The summed E-state index contributed by atoms with van der Waals surface area (Å²) in [7, 11) is 0. The second kappa shape index (κ2) is 4.03. The lowest BCUT2D eigenvalue weighted by Gasteiger charge is -2.13. The van der Waals surface area contributed by atoms with E-state index in [4.69, 9.17) is 0 Å². The molecule has 0 spiro atoms. The summed E-state index contributed by atoms with van der Waals surface area (Å²) in [5.74, 6) is -0.424. The Bertz CT molecular complexity index is 428. The number of hydrogen-bond donors (Lipinski definition) is 3. The maximum atomic E-state index is 11.8. The van der Waals surface area contributed by atoms with E-state index in [0.29, 0.717) is 0 Å². The monoisotopic (exact) mass is 225 g/mol. The van der Waals surface area contributed by atoms with Crippen LogP contribution in [0.25, 0.3) is 0 Å². The van der Waals surface area contributed by atoms with Crippen LogP contribution in [0.4, 0.5) is 0 Å². The van der Waals surface area contributed by atoms with E-state index in [1.54, 1.807) is 0 Å². The quantitative estimate of drug-likeness (QED) is 0.510. The van der Waals surface area contributed by atoms with Gasteiger partial charge in [0.1, 0.15) is 5.69 Å². The maximum Gasteiger partial charge on any atom is 0.274 e. The van der Waals surface area contributed by atoms with E-state index in [2.05, 4.69) is 9.97 Å². The van der Waals surface area contributed by atoms with Gasteiger partial charge in [0.15, 0.2) is 0 Å². The number of aliphatic hydroxyl groups excluding tert-OH is 2. The summed E-state index contributed by atoms with van der Waals surface area (Å²) in [5, 5.41) is 18.6. The number of likely N-dealkylation sites (tertiary alicyclic amines) is 1. The highest BCUT2D eigenvalue weighted by molar-refractivity contribution is 5.92. The molecule has 1 aromatic heterocycles. The van der Waals surface area contributed by atoms with Gasteiger partial charge >= 0.3 is 0 Å². The fourth-order valence-corrected chi connectivity index (χ4v) is 1.56. The maximum absolute atomic E-state index is 11.8. The Kier molecular flexibility index (Phi) is 2.71. The summed E-state index contributed by atoms with van der Waals surface area (Å²) >= 11 is 0. The number of rotatable bonds is 1. The summed E-state index contributed by atoms with van der Waals surface area (Å²) in [4.78, 5) is 29.8. The van der Waals surface area contributed by atoms with E-state index < -0.39 is 23.7 Å². The van der Waals surface area contributed by atoms with Crippen molar-refractivity contribution >= 4 is 5.91 Å². The van der Waals surface area contributed by atoms with Gasteiger partial charge in [-0.05, 0) is 0 Å². The van der Waals surface area contributed by atoms with E-state index in [1.165, 1.54) is 11.1 Å². The molecule has 1 aliphatic rings. The Labute approximate surface area is 90.4 Å². The molecule has 1 fully saturated rings. The van der Waals surface area contributed by atoms with Crippen LogP contribution < -0.4 is 5.56 Å². The summed E-state index contributed by atoms with van der Waals surface area (Å²) in [6.45, 7) is 0.140. The second-order valence-corrected chi connectivity index (χ2v) is 3.64. The van der Waals surface area contributed by atoms with Crippen LogP contribution in [-0.4, -0.2) is 56.3 Å². The van der Waals surface area contributed by atoms with Gasteiger partial charge in [0, 0.05) is 19.3 Å². The first-order chi connectivity index (χ1) is 7.58. The van der Waals surface area contributed by atoms with Crippen LogP contribution in [0.2, 0.25) is 0 Å². The number of aromatic amines is 1. The molecule has 1 aliphatic heterocycles. The highest BCUT2D eigenvalue weighted by Gasteiger charge is 2.33. The van der Waals surface area contributed by atoms with Crippen LogP contribution in [0.5, 0.6) is 0 Å². The first-order valence-corrected chi connectivity index (χ1v) is 4.78. The molecule has 3 N–H and O–H groups in total. The molecular weight excluding hydrogens is 214 g/mol. The van der Waals surface area contributed by atoms with Crippen LogP contribution in [0, 0.1) is 0 Å². The molecule has 2 heterocycles. The largest absolute Gasteiger partial charge is 0.388 e. The van der Waals surface area contributed by atoms with Crippen molar-refractivity contribution in [1.29, 1.82) is 0 Å². The zero-order chi connectivity index (χ0) is 11.7. The van der Waals surface area contributed by atoms with Gasteiger partial charge in [-0.1, -0.05) is 0 Å². The lowest BCUT2D eigenvalue weighted by molar-refractivity contribution is 0.0572. The van der Waals surface area contributed by atoms with Gasteiger partial charge < -0.3 is 20.1 Å². The zero-order valence-corrected chi connectivity index (χ0v) is 8.33. The third kappa shape index (κ3) is 1.95. The van der Waals surface area contributed by atoms with Gasteiger partial charge in [0.2, 0.25) is 0 Å². The normalized spacial score (nSPS) is 24.8. The fraction of sp³-hybridized carbons (Fsp3) is 0.444. The van der Waals surface area contributed by atoms with Crippen LogP contribution >= 0.6 is 0 Å². The van der Waals surface area contributed by atoms with Crippen molar-refractivity contribution in [3.8, 4) is 0 Å². The Morgan fingerprint density at radius 2 is 2.06 bits per heavy atom. The molecule has 7 nitrogen and oxygen atoms in total. The first kappa shape index (κ1) is 10.8. The predicted molar refractivity (Wildman–Crippen MR) is 52.8 cm³/mol. The number of carbonyl (C=O) groups is 1. The minimum atomic E-state index is -0.924. The smallest absolute Gasteiger partial charge is 0.274 e. The SMILES string of the molecule is O=C(c1c[nH]c(=O)cn1)N1CC(O)C(O)C1. The minimum absolute atomic E-state index is 0.0702. The molecular formula is C9H11N3O4. The number of nitrogens with zero attached hydrogens (tertiary/aromatic N) is 2. The average molecular weight is 225 g/mol. The number of hydrogen-bond acceptors (Lipinski definition) is 5. The van der Waals surface area contributed by atoms with Gasteiger partial charge in [-0.2, -0.15) is 0 Å². The number of H-pyrrole nitrogens is 1. The van der Waals surface area contributed by atoms with Crippen molar-refractivity contribution < 1.29 is 15.0 Å². The third-order valence-corrected chi connectivity index (χ3v) is 2.44. The number of aromatic nitrogens is 2. The molecule has 7 heteroatoms. The number of carbonyl (C=O) groups excluding carboxylic acids is 1. The molecule has 1 saturated heterocycles. The fourth-order valence-electron chi connectivity index (χ4n) is 1.56. The summed E-state index contributed by atoms with van der Waals surface area (Å²) < 4.78 is 0. The number of amides is 1. The highest BCUT2D eigenvalue weighted by atomic mass is 16.3. The zero-order valence-electron chi connectivity index (χ0n) is 8.33. The lowest BCUT2D eigenvalue weighted by Crippen LogP contribution is -2.31. The molecule has 0 aliphatic carbocycles. The standard InChI is InChI=1S/C9H11N3O4/c13-6-3-12(4-7(6)14)9(16)5-1-11-8(15)2-10-5/h1-2,6-7,13-14H,3-4H2,(H,11,15). The van der Waals surface area contributed by atoms with Gasteiger partial charge in [-0.3, -0.25) is 9.59 Å². The minimum Gasteiger partial charge on any atom is -0.388 e. The first-order valence-electron chi connectivity index (χ1n) is 4.78. The molecule has 16 heavy (non-hydrogen) atoms. The molecule has 2 unspecified atom stereocenters. The Balaban J connectivity index is 2.14. The lowest BCUT2D eigenvalue weighted by atomic mass is 10.3.